The van der Waals surface area contributed by atoms with Gasteiger partial charge in [-0.1, -0.05) is 6.92 Å². The van der Waals surface area contributed by atoms with E-state index in [0.717, 1.165) is 6.32 Å². The van der Waals surface area contributed by atoms with Crippen molar-refractivity contribution in [1.29, 1.82) is 0 Å². The fraction of sp³-hybridized carbons (Fsp3) is 1.00. The molecule has 0 aromatic carbocycles. The van der Waals surface area contributed by atoms with Gasteiger partial charge in [0, 0.05) is 0 Å². The van der Waals surface area contributed by atoms with E-state index in [1.807, 2.05) is 19.4 Å². The summed E-state index contributed by atoms with van der Waals surface area (Å²) >= 11 is 12.2. The molecule has 0 aliphatic rings. The van der Waals surface area contributed by atoms with Crippen LogP contribution in [0.2, 0.25) is 6.32 Å². The van der Waals surface area contributed by atoms with Crippen LogP contribution < -0.4 is 0 Å². The van der Waals surface area contributed by atoms with Crippen molar-refractivity contribution in [2.24, 2.45) is 0 Å². The largest absolute Gasteiger partial charge is 0.351 e. The third-order valence-electron chi connectivity index (χ3n) is 0.309. The number of thioether (sulfide) groups is 1. The molecule has 0 rings (SSSR count). The first-order chi connectivity index (χ1) is 3.68. The van der Waals surface area contributed by atoms with Crippen molar-refractivity contribution in [1.82, 2.24) is 0 Å². The van der Waals surface area contributed by atoms with Crippen LogP contribution in [0.5, 0.6) is 0 Å². The molecule has 0 saturated heterocycles. The molecule has 8 heavy (non-hydrogen) atoms. The van der Waals surface area contributed by atoms with Crippen LogP contribution in [0.1, 0.15) is 6.92 Å². The second-order valence-corrected chi connectivity index (χ2v) is 3.30. The van der Waals surface area contributed by atoms with E-state index in [1.54, 1.807) is 11.8 Å². The van der Waals surface area contributed by atoms with Gasteiger partial charge in [0.15, 0.2) is 0 Å². The Kier molecular flexibility index (Phi) is 16.0. The monoisotopic (exact) mass is 172 g/mol. The maximum atomic E-state index is 5.23. The highest BCUT2D eigenvalue weighted by atomic mass is 35.5. The minimum Gasteiger partial charge on any atom is -0.172 e. The predicted octanol–water partition coefficient (Wildman–Crippen LogP) is 2.95. The molecular weight excluding hydrogens is 162 g/mol. The Morgan fingerprint density at radius 3 is 1.50 bits per heavy atom. The van der Waals surface area contributed by atoms with Gasteiger partial charge in [-0.2, -0.15) is 34.7 Å². The van der Waals surface area contributed by atoms with E-state index in [-0.39, 0.29) is 5.54 Å². The molecule has 0 saturated carbocycles. The summed E-state index contributed by atoms with van der Waals surface area (Å²) in [5, 5.41) is 0. The van der Waals surface area contributed by atoms with E-state index in [2.05, 4.69) is 0 Å². The summed E-state index contributed by atoms with van der Waals surface area (Å²) in [5.74, 6) is 0. The zero-order valence-corrected chi connectivity index (χ0v) is 7.78. The SMILES string of the molecule is CCB(Cl)Cl.CSC. The van der Waals surface area contributed by atoms with Crippen molar-refractivity contribution in [2.45, 2.75) is 13.2 Å². The lowest BCUT2D eigenvalue weighted by Gasteiger charge is -1.77. The number of rotatable bonds is 1. The molecule has 4 heteroatoms. The first-order valence-electron chi connectivity index (χ1n) is 2.37. The van der Waals surface area contributed by atoms with Crippen molar-refractivity contribution in [3.63, 3.8) is 0 Å². The lowest BCUT2D eigenvalue weighted by atomic mass is 10.0. The summed E-state index contributed by atoms with van der Waals surface area (Å²) in [6, 6.07) is 0. The molecule has 0 amide bonds. The standard InChI is InChI=1S/C2H5BCl2.C2H6S/c1-2-3(4)5;1-3-2/h2H2,1H3;1-2H3. The van der Waals surface area contributed by atoms with Gasteiger partial charge < -0.3 is 0 Å². The highest BCUT2D eigenvalue weighted by Gasteiger charge is 1.96. The van der Waals surface area contributed by atoms with Crippen LogP contribution in [0.25, 0.3) is 0 Å². The summed E-state index contributed by atoms with van der Waals surface area (Å²) in [7, 11) is 0. The van der Waals surface area contributed by atoms with Crippen molar-refractivity contribution in [2.75, 3.05) is 12.5 Å². The summed E-state index contributed by atoms with van der Waals surface area (Å²) in [4.78, 5) is 0. The molecule has 0 nitrogen and oxygen atoms in total. The van der Waals surface area contributed by atoms with Crippen molar-refractivity contribution in [3.8, 4) is 0 Å². The smallest absolute Gasteiger partial charge is 0.172 e. The molecule has 50 valence electrons. The Hall–Kier alpha value is 0.995. The van der Waals surface area contributed by atoms with Gasteiger partial charge in [-0.05, 0) is 18.8 Å². The Bertz CT molecular complexity index is 35.2. The van der Waals surface area contributed by atoms with Gasteiger partial charge >= 0.3 is 5.54 Å². The Labute approximate surface area is 66.2 Å². The van der Waals surface area contributed by atoms with Gasteiger partial charge in [0.1, 0.15) is 0 Å². The fourth-order valence-corrected chi connectivity index (χ4v) is 0. The van der Waals surface area contributed by atoms with Gasteiger partial charge in [0.2, 0.25) is 0 Å². The van der Waals surface area contributed by atoms with Gasteiger partial charge in [0.05, 0.1) is 0 Å². The zero-order valence-electron chi connectivity index (χ0n) is 5.45. The maximum Gasteiger partial charge on any atom is 0.351 e. The number of halogens is 2. The summed E-state index contributed by atoms with van der Waals surface area (Å²) in [6.07, 6.45) is 4.92. The van der Waals surface area contributed by atoms with E-state index in [1.165, 1.54) is 0 Å². The highest BCUT2D eigenvalue weighted by Crippen LogP contribution is 1.98. The van der Waals surface area contributed by atoms with Crippen LogP contribution in [-0.4, -0.2) is 18.1 Å². The summed E-state index contributed by atoms with van der Waals surface area (Å²) < 4.78 is 0. The molecule has 0 atom stereocenters. The number of hydrogen-bond donors (Lipinski definition) is 0. The molecule has 0 aliphatic carbocycles. The average Bonchev–Trinajstić information content (AvgIpc) is 1.69. The predicted molar refractivity (Wildman–Crippen MR) is 47.4 cm³/mol. The van der Waals surface area contributed by atoms with E-state index >= 15 is 0 Å². The maximum absolute atomic E-state index is 5.23. The van der Waals surface area contributed by atoms with Crippen LogP contribution in [-0.2, 0) is 0 Å². The van der Waals surface area contributed by atoms with Crippen molar-refractivity contribution >= 4 is 40.2 Å². The van der Waals surface area contributed by atoms with Gasteiger partial charge in [-0.25, -0.2) is 0 Å². The van der Waals surface area contributed by atoms with Crippen molar-refractivity contribution in [3.05, 3.63) is 0 Å². The fourth-order valence-electron chi connectivity index (χ4n) is 0. The van der Waals surface area contributed by atoms with Gasteiger partial charge in [-0.3, -0.25) is 0 Å². The van der Waals surface area contributed by atoms with E-state index in [0.29, 0.717) is 0 Å². The van der Waals surface area contributed by atoms with E-state index < -0.39 is 0 Å². The quantitative estimate of drug-likeness (QED) is 0.549. The van der Waals surface area contributed by atoms with E-state index in [4.69, 9.17) is 22.9 Å². The molecule has 0 spiro atoms. The highest BCUT2D eigenvalue weighted by molar-refractivity contribution is 7.97. The second-order valence-electron chi connectivity index (χ2n) is 1.21. The lowest BCUT2D eigenvalue weighted by Crippen LogP contribution is -1.83. The molecule has 0 aromatic rings. The zero-order chi connectivity index (χ0) is 6.99. The first-order valence-corrected chi connectivity index (χ1v) is 4.87. The molecule has 0 radical (unpaired) electrons. The van der Waals surface area contributed by atoms with Crippen LogP contribution >= 0.6 is 34.7 Å². The molecule has 0 unspecified atom stereocenters. The third kappa shape index (κ3) is 28.0. The number of hydrogen-bond acceptors (Lipinski definition) is 1. The molecule has 0 aromatic heterocycles. The molecule has 0 N–H and O–H groups in total. The second kappa shape index (κ2) is 10.9. The Morgan fingerprint density at radius 1 is 1.38 bits per heavy atom. The topological polar surface area (TPSA) is 0 Å². The molecular formula is C4H11BCl2S. The lowest BCUT2D eigenvalue weighted by molar-refractivity contribution is 1.47. The minimum atomic E-state index is -0.171. The van der Waals surface area contributed by atoms with Gasteiger partial charge in [-0.15, -0.1) is 0 Å². The Morgan fingerprint density at radius 2 is 1.50 bits per heavy atom. The van der Waals surface area contributed by atoms with Crippen LogP contribution in [0, 0.1) is 0 Å². The summed E-state index contributed by atoms with van der Waals surface area (Å²) in [6.45, 7) is 1.94. The molecule has 0 fully saturated rings. The molecule has 0 heterocycles. The Balaban J connectivity index is 0. The minimum absolute atomic E-state index is 0.171. The third-order valence-corrected chi connectivity index (χ3v) is 0.926. The van der Waals surface area contributed by atoms with Crippen LogP contribution in [0.4, 0.5) is 0 Å². The molecule has 0 aliphatic heterocycles. The van der Waals surface area contributed by atoms with E-state index in [9.17, 15) is 0 Å². The summed E-state index contributed by atoms with van der Waals surface area (Å²) in [5.41, 5.74) is -0.171. The average molecular weight is 173 g/mol. The van der Waals surface area contributed by atoms with Crippen LogP contribution in [0.3, 0.4) is 0 Å². The van der Waals surface area contributed by atoms with Crippen molar-refractivity contribution < 1.29 is 0 Å². The normalized spacial score (nSPS) is 7.12. The van der Waals surface area contributed by atoms with Gasteiger partial charge in [0.25, 0.3) is 0 Å². The first kappa shape index (κ1) is 11.8. The molecule has 0 bridgehead atoms. The van der Waals surface area contributed by atoms with Crippen LogP contribution in [0.15, 0.2) is 0 Å².